The predicted octanol–water partition coefficient (Wildman–Crippen LogP) is 2.69. The van der Waals surface area contributed by atoms with E-state index < -0.39 is 0 Å². The van der Waals surface area contributed by atoms with Crippen LogP contribution in [-0.2, 0) is 6.54 Å². The molecular weight excluding hydrogens is 298 g/mol. The molecule has 0 unspecified atom stereocenters. The van der Waals surface area contributed by atoms with Crippen molar-refractivity contribution >= 4 is 0 Å². The normalized spacial score (nSPS) is 21.0. The van der Waals surface area contributed by atoms with Crippen molar-refractivity contribution in [3.05, 3.63) is 29.8 Å². The molecule has 2 saturated heterocycles. The number of benzene rings is 1. The molecule has 0 radical (unpaired) electrons. The van der Waals surface area contributed by atoms with E-state index in [4.69, 9.17) is 4.74 Å². The average Bonchev–Trinajstić information content (AvgIpc) is 2.62. The number of hydrogen-bond donors (Lipinski definition) is 0. The SMILES string of the molecule is CN1CCN(CCCOc2ccc(CN3CCCCC3)cc2)CC1. The lowest BCUT2D eigenvalue weighted by atomic mass is 10.1. The Morgan fingerprint density at radius 2 is 1.54 bits per heavy atom. The molecule has 0 bridgehead atoms. The molecule has 2 aliphatic rings. The second kappa shape index (κ2) is 9.40. The molecule has 0 atom stereocenters. The number of piperazine rings is 1. The monoisotopic (exact) mass is 331 g/mol. The first-order chi connectivity index (χ1) is 11.8. The Balaban J connectivity index is 1.32. The van der Waals surface area contributed by atoms with Crippen molar-refractivity contribution in [2.45, 2.75) is 32.2 Å². The molecule has 0 N–H and O–H groups in total. The molecule has 2 aliphatic heterocycles. The Labute approximate surface area is 147 Å². The maximum atomic E-state index is 5.91. The van der Waals surface area contributed by atoms with Gasteiger partial charge in [-0.05, 0) is 57.1 Å². The molecule has 4 nitrogen and oxygen atoms in total. The Hall–Kier alpha value is -1.10. The lowest BCUT2D eigenvalue weighted by molar-refractivity contribution is 0.145. The van der Waals surface area contributed by atoms with Crippen molar-refractivity contribution in [3.63, 3.8) is 0 Å². The van der Waals surface area contributed by atoms with Gasteiger partial charge >= 0.3 is 0 Å². The smallest absolute Gasteiger partial charge is 0.119 e. The lowest BCUT2D eigenvalue weighted by Gasteiger charge is -2.32. The highest BCUT2D eigenvalue weighted by atomic mass is 16.5. The molecule has 1 aromatic rings. The fourth-order valence-electron chi connectivity index (χ4n) is 3.62. The summed E-state index contributed by atoms with van der Waals surface area (Å²) in [4.78, 5) is 7.51. The summed E-state index contributed by atoms with van der Waals surface area (Å²) in [6, 6.07) is 8.72. The van der Waals surface area contributed by atoms with Gasteiger partial charge < -0.3 is 14.5 Å². The summed E-state index contributed by atoms with van der Waals surface area (Å²) >= 11 is 0. The van der Waals surface area contributed by atoms with Crippen LogP contribution in [0.5, 0.6) is 5.75 Å². The van der Waals surface area contributed by atoms with E-state index in [1.807, 2.05) is 0 Å². The molecule has 0 aromatic heterocycles. The standard InChI is InChI=1S/C20H33N3O/c1-21-13-15-22(16-14-21)12-5-17-24-20-8-6-19(7-9-20)18-23-10-3-2-4-11-23/h6-9H,2-5,10-18H2,1H3. The van der Waals surface area contributed by atoms with E-state index in [0.29, 0.717) is 0 Å². The third kappa shape index (κ3) is 5.76. The van der Waals surface area contributed by atoms with Crippen LogP contribution in [0.2, 0.25) is 0 Å². The third-order valence-corrected chi connectivity index (χ3v) is 5.26. The van der Waals surface area contributed by atoms with E-state index in [2.05, 4.69) is 46.0 Å². The highest BCUT2D eigenvalue weighted by Crippen LogP contribution is 2.16. The van der Waals surface area contributed by atoms with E-state index in [-0.39, 0.29) is 0 Å². The van der Waals surface area contributed by atoms with Crippen molar-refractivity contribution in [1.82, 2.24) is 14.7 Å². The highest BCUT2D eigenvalue weighted by molar-refractivity contribution is 5.27. The number of likely N-dealkylation sites (tertiary alicyclic amines) is 1. The number of ether oxygens (including phenoxy) is 1. The molecular formula is C20H33N3O. The molecule has 4 heteroatoms. The summed E-state index contributed by atoms with van der Waals surface area (Å²) in [6.45, 7) is 10.3. The third-order valence-electron chi connectivity index (χ3n) is 5.26. The summed E-state index contributed by atoms with van der Waals surface area (Å²) in [6.07, 6.45) is 5.22. The van der Waals surface area contributed by atoms with Gasteiger partial charge in [0.15, 0.2) is 0 Å². The Morgan fingerprint density at radius 1 is 0.833 bits per heavy atom. The number of likely N-dealkylation sites (N-methyl/N-ethyl adjacent to an activating group) is 1. The van der Waals surface area contributed by atoms with Gasteiger partial charge in [-0.3, -0.25) is 4.90 Å². The van der Waals surface area contributed by atoms with E-state index >= 15 is 0 Å². The van der Waals surface area contributed by atoms with Gasteiger partial charge in [-0.25, -0.2) is 0 Å². The molecule has 0 amide bonds. The first-order valence-corrected chi connectivity index (χ1v) is 9.64. The largest absolute Gasteiger partial charge is 0.494 e. The predicted molar refractivity (Wildman–Crippen MR) is 99.6 cm³/mol. The first kappa shape index (κ1) is 17.7. The minimum Gasteiger partial charge on any atom is -0.494 e. The number of nitrogens with zero attached hydrogens (tertiary/aromatic N) is 3. The van der Waals surface area contributed by atoms with Gasteiger partial charge in [-0.15, -0.1) is 0 Å². The first-order valence-electron chi connectivity index (χ1n) is 9.64. The van der Waals surface area contributed by atoms with Gasteiger partial charge in [0, 0.05) is 39.3 Å². The molecule has 134 valence electrons. The highest BCUT2D eigenvalue weighted by Gasteiger charge is 2.13. The second-order valence-electron chi connectivity index (χ2n) is 7.33. The molecule has 2 fully saturated rings. The summed E-state index contributed by atoms with van der Waals surface area (Å²) in [5.74, 6) is 1.01. The fourth-order valence-corrected chi connectivity index (χ4v) is 3.62. The number of piperidine rings is 1. The zero-order valence-corrected chi connectivity index (χ0v) is 15.3. The summed E-state index contributed by atoms with van der Waals surface area (Å²) < 4.78 is 5.91. The van der Waals surface area contributed by atoms with E-state index in [9.17, 15) is 0 Å². The molecule has 24 heavy (non-hydrogen) atoms. The van der Waals surface area contributed by atoms with Crippen LogP contribution in [0.3, 0.4) is 0 Å². The summed E-state index contributed by atoms with van der Waals surface area (Å²) in [5, 5.41) is 0. The number of hydrogen-bond acceptors (Lipinski definition) is 4. The lowest BCUT2D eigenvalue weighted by Crippen LogP contribution is -2.44. The quantitative estimate of drug-likeness (QED) is 0.715. The molecule has 0 spiro atoms. The second-order valence-corrected chi connectivity index (χ2v) is 7.33. The van der Waals surface area contributed by atoms with Crippen LogP contribution in [0, 0.1) is 0 Å². The Kier molecular flexibility index (Phi) is 6.94. The molecule has 3 rings (SSSR count). The van der Waals surface area contributed by atoms with Gasteiger partial charge in [-0.2, -0.15) is 0 Å². The van der Waals surface area contributed by atoms with Crippen LogP contribution in [-0.4, -0.2) is 74.2 Å². The summed E-state index contributed by atoms with van der Waals surface area (Å²) in [7, 11) is 2.20. The molecule has 1 aromatic carbocycles. The number of rotatable bonds is 7. The van der Waals surface area contributed by atoms with Gasteiger partial charge in [0.05, 0.1) is 6.61 Å². The van der Waals surface area contributed by atoms with Crippen molar-refractivity contribution in [3.8, 4) is 5.75 Å². The zero-order chi connectivity index (χ0) is 16.6. The average molecular weight is 332 g/mol. The zero-order valence-electron chi connectivity index (χ0n) is 15.3. The Morgan fingerprint density at radius 3 is 2.25 bits per heavy atom. The van der Waals surface area contributed by atoms with E-state index in [0.717, 1.165) is 31.9 Å². The minimum absolute atomic E-state index is 0.817. The van der Waals surface area contributed by atoms with Crippen LogP contribution in [0.25, 0.3) is 0 Å². The van der Waals surface area contributed by atoms with Crippen LogP contribution in [0.1, 0.15) is 31.2 Å². The maximum Gasteiger partial charge on any atom is 0.119 e. The van der Waals surface area contributed by atoms with Gasteiger partial charge in [0.25, 0.3) is 0 Å². The van der Waals surface area contributed by atoms with Crippen LogP contribution in [0.4, 0.5) is 0 Å². The van der Waals surface area contributed by atoms with Gasteiger partial charge in [0.1, 0.15) is 5.75 Å². The van der Waals surface area contributed by atoms with Gasteiger partial charge in [-0.1, -0.05) is 18.6 Å². The van der Waals surface area contributed by atoms with Crippen LogP contribution in [0.15, 0.2) is 24.3 Å². The molecule has 0 aliphatic carbocycles. The van der Waals surface area contributed by atoms with E-state index in [1.54, 1.807) is 0 Å². The van der Waals surface area contributed by atoms with E-state index in [1.165, 1.54) is 64.1 Å². The Bertz CT molecular complexity index is 462. The fraction of sp³-hybridized carbons (Fsp3) is 0.700. The van der Waals surface area contributed by atoms with Crippen molar-refractivity contribution < 1.29 is 4.74 Å². The van der Waals surface area contributed by atoms with Gasteiger partial charge in [0.2, 0.25) is 0 Å². The topological polar surface area (TPSA) is 19.0 Å². The maximum absolute atomic E-state index is 5.91. The van der Waals surface area contributed by atoms with Crippen molar-refractivity contribution in [1.29, 1.82) is 0 Å². The molecule has 0 saturated carbocycles. The minimum atomic E-state index is 0.817. The van der Waals surface area contributed by atoms with Crippen molar-refractivity contribution in [2.75, 3.05) is 59.5 Å². The van der Waals surface area contributed by atoms with Crippen LogP contribution >= 0.6 is 0 Å². The van der Waals surface area contributed by atoms with Crippen LogP contribution < -0.4 is 4.74 Å². The summed E-state index contributed by atoms with van der Waals surface area (Å²) in [5.41, 5.74) is 1.40. The molecule has 2 heterocycles. The van der Waals surface area contributed by atoms with Crippen molar-refractivity contribution in [2.24, 2.45) is 0 Å².